The number of carboxylic acid groups (broad SMARTS) is 1. The van der Waals surface area contributed by atoms with E-state index in [9.17, 15) is 44.4 Å². The fraction of sp³-hybridized carbons (Fsp3) is 0.500. The molecule has 1 aromatic rings. The number of carbonyl (C=O) groups is 5. The van der Waals surface area contributed by atoms with Crippen LogP contribution in [0, 0.1) is 0 Å². The highest BCUT2D eigenvalue weighted by Gasteiger charge is 2.67. The van der Waals surface area contributed by atoms with Gasteiger partial charge in [-0.25, -0.2) is 14.4 Å². The molecule has 0 saturated carbocycles. The standard InChI is InChI=1S/C22H25N3O13S2/c1-35-22(24-10(26)5-9-3-2-4-39-9)19(33)25-11(8(6-36-21(23)34)7-40-20(22)25)17(32)38-18-14(29)12(27)13(28)15(37-18)16(30)31/h2-4,12-15,18,20,27-29H,5-7H2,1H3,(H2,23,34)(H,24,26)(H,30,31)/t12?,13?,14?,15?,18?,20-,22+/m1/s1. The molecule has 3 aliphatic heterocycles. The number of thiophene rings is 1. The minimum atomic E-state index is -2.07. The summed E-state index contributed by atoms with van der Waals surface area (Å²) in [5.74, 6) is -4.47. The quantitative estimate of drug-likeness (QED) is 0.0967. The normalized spacial score (nSPS) is 31.6. The van der Waals surface area contributed by atoms with Crippen LogP contribution < -0.4 is 11.1 Å². The van der Waals surface area contributed by atoms with Gasteiger partial charge < -0.3 is 50.4 Å². The van der Waals surface area contributed by atoms with Crippen molar-refractivity contribution in [3.05, 3.63) is 33.7 Å². The van der Waals surface area contributed by atoms with Crippen LogP contribution in [0.15, 0.2) is 28.8 Å². The van der Waals surface area contributed by atoms with E-state index >= 15 is 0 Å². The van der Waals surface area contributed by atoms with Crippen molar-refractivity contribution in [2.75, 3.05) is 19.5 Å². The van der Waals surface area contributed by atoms with Crippen molar-refractivity contribution in [2.45, 2.75) is 48.2 Å². The van der Waals surface area contributed by atoms with Gasteiger partial charge in [0.1, 0.15) is 36.0 Å². The van der Waals surface area contributed by atoms with E-state index < -0.39 is 84.0 Å². The number of nitrogens with one attached hydrogen (secondary N) is 1. The van der Waals surface area contributed by atoms with Crippen LogP contribution in [0.3, 0.4) is 0 Å². The zero-order valence-corrected chi connectivity index (χ0v) is 22.3. The second-order valence-corrected chi connectivity index (χ2v) is 10.9. The third kappa shape index (κ3) is 5.38. The number of aliphatic hydroxyl groups excluding tert-OH is 3. The molecule has 18 heteroatoms. The molecule has 4 heterocycles. The lowest BCUT2D eigenvalue weighted by Crippen LogP contribution is -2.80. The number of hydrogen-bond acceptors (Lipinski definition) is 14. The molecule has 0 radical (unpaired) electrons. The monoisotopic (exact) mass is 603 g/mol. The predicted molar refractivity (Wildman–Crippen MR) is 132 cm³/mol. The molecule has 0 aliphatic carbocycles. The molecule has 3 aliphatic rings. The molecular weight excluding hydrogens is 578 g/mol. The first-order valence-electron chi connectivity index (χ1n) is 11.5. The molecule has 16 nitrogen and oxygen atoms in total. The van der Waals surface area contributed by atoms with E-state index in [1.54, 1.807) is 17.5 Å². The van der Waals surface area contributed by atoms with Gasteiger partial charge in [-0.15, -0.1) is 23.1 Å². The van der Waals surface area contributed by atoms with Crippen LogP contribution in [0.2, 0.25) is 0 Å². The van der Waals surface area contributed by atoms with Crippen molar-refractivity contribution in [3.8, 4) is 0 Å². The Morgan fingerprint density at radius 3 is 2.55 bits per heavy atom. The summed E-state index contributed by atoms with van der Waals surface area (Å²) < 4.78 is 20.3. The highest BCUT2D eigenvalue weighted by Crippen LogP contribution is 2.47. The summed E-state index contributed by atoms with van der Waals surface area (Å²) >= 11 is 2.41. The molecule has 2 fully saturated rings. The van der Waals surface area contributed by atoms with E-state index in [2.05, 4.69) is 5.32 Å². The largest absolute Gasteiger partial charge is 0.479 e. The van der Waals surface area contributed by atoms with Crippen LogP contribution in [0.4, 0.5) is 4.79 Å². The van der Waals surface area contributed by atoms with Gasteiger partial charge in [-0.2, -0.15) is 0 Å². The van der Waals surface area contributed by atoms with Crippen LogP contribution in [0.1, 0.15) is 4.88 Å². The molecule has 0 aromatic carbocycles. The van der Waals surface area contributed by atoms with Gasteiger partial charge in [0.05, 0.1) is 6.42 Å². The number of amides is 3. The van der Waals surface area contributed by atoms with Crippen molar-refractivity contribution in [2.24, 2.45) is 5.73 Å². The van der Waals surface area contributed by atoms with Gasteiger partial charge in [-0.05, 0) is 11.4 Å². The first kappa shape index (κ1) is 29.7. The first-order valence-corrected chi connectivity index (χ1v) is 13.5. The highest BCUT2D eigenvalue weighted by molar-refractivity contribution is 8.00. The van der Waals surface area contributed by atoms with Gasteiger partial charge in [0.25, 0.3) is 11.6 Å². The van der Waals surface area contributed by atoms with Crippen molar-refractivity contribution in [3.63, 3.8) is 0 Å². The Hall–Kier alpha value is -3.26. The second-order valence-electron chi connectivity index (χ2n) is 8.78. The predicted octanol–water partition coefficient (Wildman–Crippen LogP) is -2.55. The molecule has 218 valence electrons. The molecule has 7 atom stereocenters. The molecule has 40 heavy (non-hydrogen) atoms. The number of nitrogens with zero attached hydrogens (tertiary/aromatic N) is 1. The van der Waals surface area contributed by atoms with Crippen molar-refractivity contribution in [1.29, 1.82) is 0 Å². The average Bonchev–Trinajstić information content (AvgIpc) is 3.42. The third-order valence-electron chi connectivity index (χ3n) is 6.29. The van der Waals surface area contributed by atoms with Crippen molar-refractivity contribution < 1.29 is 63.3 Å². The van der Waals surface area contributed by atoms with E-state index in [1.807, 2.05) is 0 Å². The second kappa shape index (κ2) is 11.7. The Labute approximate surface area is 233 Å². The topological polar surface area (TPSA) is 244 Å². The molecule has 4 rings (SSSR count). The lowest BCUT2D eigenvalue weighted by atomic mass is 9.97. The Morgan fingerprint density at radius 2 is 1.95 bits per heavy atom. The number of β-lactam (4-membered cyclic amide) rings is 1. The first-order chi connectivity index (χ1) is 18.9. The van der Waals surface area contributed by atoms with E-state index in [0.29, 0.717) is 0 Å². The maximum absolute atomic E-state index is 13.4. The SMILES string of the molecule is CO[C@@]1(NC(=O)Cc2cccs2)C(=O)N2C(C(=O)OC3OC(C(=O)O)C(O)C(O)C3O)=C(COC(N)=O)CS[C@@H]21. The number of rotatable bonds is 9. The van der Waals surface area contributed by atoms with Gasteiger partial charge in [0.15, 0.2) is 6.10 Å². The molecule has 1 aromatic heterocycles. The molecule has 0 bridgehead atoms. The van der Waals surface area contributed by atoms with Gasteiger partial charge in [-0.1, -0.05) is 6.07 Å². The Morgan fingerprint density at radius 1 is 1.23 bits per heavy atom. The van der Waals surface area contributed by atoms with Crippen LogP contribution in [-0.4, -0.2) is 116 Å². The average molecular weight is 604 g/mol. The Balaban J connectivity index is 1.59. The summed E-state index contributed by atoms with van der Waals surface area (Å²) in [6.45, 7) is -0.541. The summed E-state index contributed by atoms with van der Waals surface area (Å²) in [6.07, 6.45) is -11.5. The number of ether oxygens (including phenoxy) is 4. The minimum absolute atomic E-state index is 0.0360. The molecule has 7 N–H and O–H groups in total. The number of thioether (sulfide) groups is 1. The maximum Gasteiger partial charge on any atom is 0.404 e. The number of esters is 1. The Kier molecular flexibility index (Phi) is 8.69. The summed E-state index contributed by atoms with van der Waals surface area (Å²) in [6, 6.07) is 3.50. The minimum Gasteiger partial charge on any atom is -0.479 e. The van der Waals surface area contributed by atoms with Crippen LogP contribution >= 0.6 is 23.1 Å². The molecule has 0 spiro atoms. The zero-order valence-electron chi connectivity index (χ0n) is 20.6. The summed E-state index contributed by atoms with van der Waals surface area (Å²) in [5.41, 5.74) is 2.76. The summed E-state index contributed by atoms with van der Waals surface area (Å²) in [7, 11) is 1.19. The summed E-state index contributed by atoms with van der Waals surface area (Å²) in [5, 5.41) is 42.8. The number of carboxylic acids is 1. The van der Waals surface area contributed by atoms with Crippen LogP contribution in [0.5, 0.6) is 0 Å². The van der Waals surface area contributed by atoms with E-state index in [4.69, 9.17) is 24.7 Å². The van der Waals surface area contributed by atoms with Crippen LogP contribution in [0.25, 0.3) is 0 Å². The van der Waals surface area contributed by atoms with E-state index in [1.165, 1.54) is 18.4 Å². The Bertz CT molecular complexity index is 1220. The number of methoxy groups -OCH3 is 1. The number of carbonyl (C=O) groups excluding carboxylic acids is 4. The number of aliphatic carboxylic acids is 1. The number of fused-ring (bicyclic) bond motifs is 1. The fourth-order valence-corrected chi connectivity index (χ4v) is 6.46. The van der Waals surface area contributed by atoms with E-state index in [-0.39, 0.29) is 17.7 Å². The van der Waals surface area contributed by atoms with Crippen molar-refractivity contribution in [1.82, 2.24) is 10.2 Å². The fourth-order valence-electron chi connectivity index (χ4n) is 4.33. The molecule has 5 unspecified atom stereocenters. The molecular formula is C22H25N3O13S2. The van der Waals surface area contributed by atoms with Gasteiger partial charge in [0.2, 0.25) is 12.2 Å². The number of nitrogens with two attached hydrogens (primary N) is 1. The van der Waals surface area contributed by atoms with E-state index in [0.717, 1.165) is 21.5 Å². The molecule has 3 amide bonds. The van der Waals surface area contributed by atoms with Crippen LogP contribution in [-0.2, 0) is 44.5 Å². The smallest absolute Gasteiger partial charge is 0.404 e. The summed E-state index contributed by atoms with van der Waals surface area (Å²) in [4.78, 5) is 63.8. The number of hydrogen-bond donors (Lipinski definition) is 6. The number of primary amides is 1. The van der Waals surface area contributed by atoms with Gasteiger partial charge in [-0.3, -0.25) is 14.5 Å². The highest BCUT2D eigenvalue weighted by atomic mass is 32.2. The van der Waals surface area contributed by atoms with Gasteiger partial charge in [0, 0.05) is 23.3 Å². The van der Waals surface area contributed by atoms with Crippen molar-refractivity contribution >= 4 is 52.9 Å². The lowest BCUT2D eigenvalue weighted by molar-refractivity contribution is -0.285. The third-order valence-corrected chi connectivity index (χ3v) is 8.54. The maximum atomic E-state index is 13.4. The number of aliphatic hydroxyl groups is 3. The lowest BCUT2D eigenvalue weighted by Gasteiger charge is -2.56. The molecule has 2 saturated heterocycles. The van der Waals surface area contributed by atoms with Gasteiger partial charge >= 0.3 is 18.0 Å². The zero-order chi connectivity index (χ0) is 29.4.